The molecule has 1 saturated carbocycles. The summed E-state index contributed by atoms with van der Waals surface area (Å²) in [5.41, 5.74) is 1.48. The summed E-state index contributed by atoms with van der Waals surface area (Å²) < 4.78 is 42.5. The van der Waals surface area contributed by atoms with Crippen molar-refractivity contribution in [2.24, 2.45) is 0 Å². The van der Waals surface area contributed by atoms with Crippen LogP contribution in [-0.2, 0) is 11.3 Å². The molecule has 188 valence electrons. The van der Waals surface area contributed by atoms with Gasteiger partial charge in [-0.25, -0.2) is 9.97 Å². The summed E-state index contributed by atoms with van der Waals surface area (Å²) in [5, 5.41) is 24.4. The number of aliphatic hydroxyl groups excluding tert-OH is 2. The van der Waals surface area contributed by atoms with Crippen LogP contribution in [0.25, 0.3) is 11.2 Å². The minimum Gasteiger partial charge on any atom is -0.471 e. The van der Waals surface area contributed by atoms with Crippen molar-refractivity contribution in [3.8, 4) is 11.6 Å². The third-order valence-corrected chi connectivity index (χ3v) is 6.39. The van der Waals surface area contributed by atoms with Crippen molar-refractivity contribution in [3.05, 3.63) is 36.2 Å². The van der Waals surface area contributed by atoms with Crippen LogP contribution in [-0.4, -0.2) is 60.7 Å². The molecule has 3 N–H and O–H groups in total. The fourth-order valence-corrected chi connectivity index (χ4v) is 4.55. The number of benzene rings is 1. The third kappa shape index (κ3) is 4.86. The first-order chi connectivity index (χ1) is 16.9. The van der Waals surface area contributed by atoms with E-state index in [2.05, 4.69) is 20.0 Å². The number of aromatic nitrogens is 4. The third-order valence-electron chi connectivity index (χ3n) is 6.39. The molecule has 35 heavy (non-hydrogen) atoms. The van der Waals surface area contributed by atoms with Crippen molar-refractivity contribution in [1.29, 1.82) is 0 Å². The molecule has 4 atom stereocenters. The Hall–Kier alpha value is -3.09. The zero-order valence-corrected chi connectivity index (χ0v) is 19.1. The van der Waals surface area contributed by atoms with E-state index in [0.29, 0.717) is 22.7 Å². The number of alkyl halides is 2. The molecule has 0 spiro atoms. The molecule has 0 radical (unpaired) electrons. The number of nitrogens with zero attached hydrogens (tertiary/aromatic N) is 4. The Kier molecular flexibility index (Phi) is 6.67. The van der Waals surface area contributed by atoms with Gasteiger partial charge in [0.25, 0.3) is 0 Å². The monoisotopic (exact) mass is 491 g/mol. The molecular formula is C23H27F2N5O5. The van der Waals surface area contributed by atoms with Crippen molar-refractivity contribution < 1.29 is 33.2 Å². The van der Waals surface area contributed by atoms with Gasteiger partial charge in [-0.15, -0.1) is 0 Å². The van der Waals surface area contributed by atoms with Crippen LogP contribution in [0.5, 0.6) is 11.6 Å². The standard InChI is InChI=1S/C23H27F2N5O5/c1-12-17(31)18(32)21(34-12)30-19-16(29-23(30)28-14-4-2-3-5-14)20(27-11-26-19)33-10-13-6-8-15(9-7-13)35-22(24)25/h6-9,11-12,14,17-18,21-22,31-32H,2-5,10H2,1H3,(H,28,29)/t12-,17-,18-,21?/m1/s1. The van der Waals surface area contributed by atoms with Crippen LogP contribution < -0.4 is 14.8 Å². The van der Waals surface area contributed by atoms with Gasteiger partial charge in [0, 0.05) is 6.04 Å². The largest absolute Gasteiger partial charge is 0.471 e. The predicted molar refractivity (Wildman–Crippen MR) is 120 cm³/mol. The number of hydrogen-bond donors (Lipinski definition) is 3. The van der Waals surface area contributed by atoms with Crippen LogP contribution >= 0.6 is 0 Å². The van der Waals surface area contributed by atoms with E-state index in [1.807, 2.05) is 0 Å². The molecule has 2 aromatic heterocycles. The van der Waals surface area contributed by atoms with Gasteiger partial charge < -0.3 is 29.7 Å². The number of hydrogen-bond acceptors (Lipinski definition) is 9. The molecule has 10 nitrogen and oxygen atoms in total. The lowest BCUT2D eigenvalue weighted by atomic mass is 10.1. The van der Waals surface area contributed by atoms with Crippen molar-refractivity contribution >= 4 is 17.1 Å². The molecule has 5 rings (SSSR count). The summed E-state index contributed by atoms with van der Waals surface area (Å²) in [6, 6.07) is 6.33. The molecular weight excluding hydrogens is 464 g/mol. The Morgan fingerprint density at radius 2 is 1.89 bits per heavy atom. The maximum atomic E-state index is 12.4. The molecule has 1 saturated heterocycles. The second-order valence-corrected chi connectivity index (χ2v) is 8.81. The lowest BCUT2D eigenvalue weighted by Gasteiger charge is -2.21. The molecule has 0 bridgehead atoms. The SMILES string of the molecule is C[C@H]1OC(n2c(NC3CCCC3)nc3c(OCc4ccc(OC(F)F)cc4)ncnc32)[C@H](O)[C@@H]1O. The highest BCUT2D eigenvalue weighted by atomic mass is 19.3. The summed E-state index contributed by atoms with van der Waals surface area (Å²) in [7, 11) is 0. The second-order valence-electron chi connectivity index (χ2n) is 8.81. The van der Waals surface area contributed by atoms with Gasteiger partial charge >= 0.3 is 6.61 Å². The molecule has 12 heteroatoms. The number of fused-ring (bicyclic) bond motifs is 1. The van der Waals surface area contributed by atoms with E-state index in [1.165, 1.54) is 18.5 Å². The Morgan fingerprint density at radius 1 is 1.14 bits per heavy atom. The zero-order valence-electron chi connectivity index (χ0n) is 19.1. The van der Waals surface area contributed by atoms with E-state index in [-0.39, 0.29) is 24.3 Å². The van der Waals surface area contributed by atoms with Crippen molar-refractivity contribution in [3.63, 3.8) is 0 Å². The average Bonchev–Trinajstić information content (AvgIpc) is 3.54. The van der Waals surface area contributed by atoms with Gasteiger partial charge in [0.05, 0.1) is 6.10 Å². The number of ether oxygens (including phenoxy) is 3. The van der Waals surface area contributed by atoms with E-state index in [4.69, 9.17) is 14.5 Å². The van der Waals surface area contributed by atoms with Crippen LogP contribution in [0.2, 0.25) is 0 Å². The number of aliphatic hydroxyl groups is 2. The number of imidazole rings is 1. The Bertz CT molecular complexity index is 1160. The fourth-order valence-electron chi connectivity index (χ4n) is 4.55. The Balaban J connectivity index is 1.44. The first kappa shape index (κ1) is 23.6. The van der Waals surface area contributed by atoms with Gasteiger partial charge in [-0.2, -0.15) is 13.8 Å². The highest BCUT2D eigenvalue weighted by Crippen LogP contribution is 2.37. The number of rotatable bonds is 8. The van der Waals surface area contributed by atoms with Crippen LogP contribution in [0.15, 0.2) is 30.6 Å². The minimum atomic E-state index is -2.89. The first-order valence-electron chi connectivity index (χ1n) is 11.6. The van der Waals surface area contributed by atoms with Gasteiger partial charge in [0.2, 0.25) is 11.8 Å². The first-order valence-corrected chi connectivity index (χ1v) is 11.6. The average molecular weight is 491 g/mol. The van der Waals surface area contributed by atoms with Crippen LogP contribution in [0.3, 0.4) is 0 Å². The minimum absolute atomic E-state index is 0.0566. The smallest absolute Gasteiger partial charge is 0.387 e. The van der Waals surface area contributed by atoms with Gasteiger partial charge in [-0.1, -0.05) is 25.0 Å². The highest BCUT2D eigenvalue weighted by molar-refractivity contribution is 5.79. The number of nitrogens with one attached hydrogen (secondary N) is 1. The number of halogens is 2. The molecule has 3 heterocycles. The fraction of sp³-hybridized carbons (Fsp3) is 0.522. The van der Waals surface area contributed by atoms with Gasteiger partial charge in [-0.3, -0.25) is 4.57 Å². The van der Waals surface area contributed by atoms with E-state index in [9.17, 15) is 19.0 Å². The van der Waals surface area contributed by atoms with Crippen LogP contribution in [0.4, 0.5) is 14.7 Å². The maximum Gasteiger partial charge on any atom is 0.387 e. The predicted octanol–water partition coefficient (Wildman–Crippen LogP) is 3.00. The highest BCUT2D eigenvalue weighted by Gasteiger charge is 2.43. The van der Waals surface area contributed by atoms with Crippen molar-refractivity contribution in [2.45, 2.75) is 76.4 Å². The van der Waals surface area contributed by atoms with Crippen LogP contribution in [0.1, 0.15) is 44.4 Å². The Labute approximate surface area is 199 Å². The van der Waals surface area contributed by atoms with Gasteiger partial charge in [0.15, 0.2) is 17.4 Å². The van der Waals surface area contributed by atoms with Crippen molar-refractivity contribution in [1.82, 2.24) is 19.5 Å². The van der Waals surface area contributed by atoms with E-state index in [0.717, 1.165) is 25.7 Å². The lowest BCUT2D eigenvalue weighted by Crippen LogP contribution is -2.31. The molecule has 3 aromatic rings. The molecule has 1 aromatic carbocycles. The molecule has 0 amide bonds. The number of anilines is 1. The molecule has 1 aliphatic heterocycles. The van der Waals surface area contributed by atoms with E-state index in [1.54, 1.807) is 23.6 Å². The van der Waals surface area contributed by atoms with Crippen molar-refractivity contribution in [2.75, 3.05) is 5.32 Å². The topological polar surface area (TPSA) is 124 Å². The summed E-state index contributed by atoms with van der Waals surface area (Å²) in [6.07, 6.45) is 1.88. The van der Waals surface area contributed by atoms with Gasteiger partial charge in [0.1, 0.15) is 30.9 Å². The maximum absolute atomic E-state index is 12.4. The molecule has 2 fully saturated rings. The lowest BCUT2D eigenvalue weighted by molar-refractivity contribution is -0.0498. The van der Waals surface area contributed by atoms with E-state index >= 15 is 0 Å². The van der Waals surface area contributed by atoms with E-state index < -0.39 is 31.2 Å². The summed E-state index contributed by atoms with van der Waals surface area (Å²) in [4.78, 5) is 13.3. The Morgan fingerprint density at radius 3 is 2.54 bits per heavy atom. The quantitative estimate of drug-likeness (QED) is 0.436. The second kappa shape index (κ2) is 9.88. The molecule has 1 aliphatic carbocycles. The summed E-state index contributed by atoms with van der Waals surface area (Å²) in [5.74, 6) is 0.731. The molecule has 2 aliphatic rings. The summed E-state index contributed by atoms with van der Waals surface area (Å²) >= 11 is 0. The summed E-state index contributed by atoms with van der Waals surface area (Å²) in [6.45, 7) is -1.09. The zero-order chi connectivity index (χ0) is 24.5. The normalized spacial score (nSPS) is 25.0. The van der Waals surface area contributed by atoms with Crippen LogP contribution in [0, 0.1) is 0 Å². The molecule has 1 unspecified atom stereocenters. The van der Waals surface area contributed by atoms with Gasteiger partial charge in [-0.05, 0) is 37.5 Å².